The summed E-state index contributed by atoms with van der Waals surface area (Å²) in [5.74, 6) is -0.801. The molecular weight excluding hydrogens is 184 g/mol. The SMILES string of the molecule is CCC(C)COC(=O)CCCC(=O)O. The molecule has 0 aliphatic heterocycles. The Bertz CT molecular complexity index is 189. The summed E-state index contributed by atoms with van der Waals surface area (Å²) in [6.07, 6.45) is 1.55. The van der Waals surface area contributed by atoms with Crippen LogP contribution in [-0.4, -0.2) is 23.7 Å². The summed E-state index contributed by atoms with van der Waals surface area (Å²) in [6.45, 7) is 4.47. The van der Waals surface area contributed by atoms with Crippen molar-refractivity contribution in [2.24, 2.45) is 5.92 Å². The van der Waals surface area contributed by atoms with Gasteiger partial charge < -0.3 is 9.84 Å². The van der Waals surface area contributed by atoms with Gasteiger partial charge >= 0.3 is 11.9 Å². The second-order valence-corrected chi connectivity index (χ2v) is 3.44. The van der Waals surface area contributed by atoms with Crippen LogP contribution in [0.2, 0.25) is 0 Å². The maximum Gasteiger partial charge on any atom is 0.305 e. The highest BCUT2D eigenvalue weighted by Gasteiger charge is 2.06. The third-order valence-electron chi connectivity index (χ3n) is 2.00. The van der Waals surface area contributed by atoms with Crippen molar-refractivity contribution in [3.05, 3.63) is 0 Å². The fourth-order valence-corrected chi connectivity index (χ4v) is 0.809. The van der Waals surface area contributed by atoms with Crippen LogP contribution in [0.4, 0.5) is 0 Å². The lowest BCUT2D eigenvalue weighted by Crippen LogP contribution is -2.11. The van der Waals surface area contributed by atoms with Crippen molar-refractivity contribution < 1.29 is 19.4 Å². The van der Waals surface area contributed by atoms with E-state index in [2.05, 4.69) is 0 Å². The highest BCUT2D eigenvalue weighted by molar-refractivity contribution is 5.71. The van der Waals surface area contributed by atoms with E-state index in [0.717, 1.165) is 6.42 Å². The molecule has 82 valence electrons. The topological polar surface area (TPSA) is 63.6 Å². The lowest BCUT2D eigenvalue weighted by molar-refractivity contribution is -0.145. The minimum atomic E-state index is -0.875. The van der Waals surface area contributed by atoms with E-state index in [0.29, 0.717) is 18.9 Å². The van der Waals surface area contributed by atoms with Crippen molar-refractivity contribution in [3.8, 4) is 0 Å². The quantitative estimate of drug-likeness (QED) is 0.640. The first-order valence-corrected chi connectivity index (χ1v) is 4.93. The zero-order valence-electron chi connectivity index (χ0n) is 8.78. The largest absolute Gasteiger partial charge is 0.481 e. The van der Waals surface area contributed by atoms with Gasteiger partial charge in [0.2, 0.25) is 0 Å². The molecule has 4 nitrogen and oxygen atoms in total. The van der Waals surface area contributed by atoms with Gasteiger partial charge in [0, 0.05) is 12.8 Å². The van der Waals surface area contributed by atoms with Crippen LogP contribution < -0.4 is 0 Å². The molecule has 0 heterocycles. The van der Waals surface area contributed by atoms with Gasteiger partial charge in [-0.3, -0.25) is 9.59 Å². The number of rotatable bonds is 7. The van der Waals surface area contributed by atoms with Crippen LogP contribution >= 0.6 is 0 Å². The molecule has 0 saturated carbocycles. The van der Waals surface area contributed by atoms with Crippen LogP contribution in [0.3, 0.4) is 0 Å². The molecule has 0 saturated heterocycles. The number of hydrogen-bond acceptors (Lipinski definition) is 3. The van der Waals surface area contributed by atoms with Crippen molar-refractivity contribution in [3.63, 3.8) is 0 Å². The van der Waals surface area contributed by atoms with Gasteiger partial charge in [0.15, 0.2) is 0 Å². The van der Waals surface area contributed by atoms with E-state index >= 15 is 0 Å². The Morgan fingerprint density at radius 3 is 2.50 bits per heavy atom. The van der Waals surface area contributed by atoms with Gasteiger partial charge in [-0.15, -0.1) is 0 Å². The molecule has 1 unspecified atom stereocenters. The monoisotopic (exact) mass is 202 g/mol. The van der Waals surface area contributed by atoms with Gasteiger partial charge in [0.1, 0.15) is 0 Å². The zero-order chi connectivity index (χ0) is 11.0. The summed E-state index contributed by atoms with van der Waals surface area (Å²) in [5, 5.41) is 8.33. The molecule has 0 aromatic rings. The second-order valence-electron chi connectivity index (χ2n) is 3.44. The minimum absolute atomic E-state index is 0.0262. The fourth-order valence-electron chi connectivity index (χ4n) is 0.809. The van der Waals surface area contributed by atoms with Gasteiger partial charge in [-0.2, -0.15) is 0 Å². The highest BCUT2D eigenvalue weighted by Crippen LogP contribution is 2.03. The fraction of sp³-hybridized carbons (Fsp3) is 0.800. The van der Waals surface area contributed by atoms with Gasteiger partial charge in [-0.05, 0) is 12.3 Å². The van der Waals surface area contributed by atoms with Crippen LogP contribution in [0.25, 0.3) is 0 Å². The number of esters is 1. The van der Waals surface area contributed by atoms with E-state index < -0.39 is 5.97 Å². The van der Waals surface area contributed by atoms with Crippen molar-refractivity contribution in [1.82, 2.24) is 0 Å². The molecule has 0 aromatic heterocycles. The van der Waals surface area contributed by atoms with E-state index in [1.807, 2.05) is 13.8 Å². The Hall–Kier alpha value is -1.06. The molecule has 1 atom stereocenters. The number of carbonyl (C=O) groups excluding carboxylic acids is 1. The average Bonchev–Trinajstić information content (AvgIpc) is 2.13. The molecule has 0 aliphatic rings. The Labute approximate surface area is 84.3 Å². The Balaban J connectivity index is 3.41. The van der Waals surface area contributed by atoms with Crippen molar-refractivity contribution in [2.75, 3.05) is 6.61 Å². The molecular formula is C10H18O4. The average molecular weight is 202 g/mol. The van der Waals surface area contributed by atoms with Gasteiger partial charge in [0.25, 0.3) is 0 Å². The van der Waals surface area contributed by atoms with Crippen LogP contribution in [0, 0.1) is 5.92 Å². The Morgan fingerprint density at radius 2 is 2.00 bits per heavy atom. The maximum atomic E-state index is 11.0. The molecule has 4 heteroatoms. The minimum Gasteiger partial charge on any atom is -0.481 e. The number of aliphatic carboxylic acids is 1. The highest BCUT2D eigenvalue weighted by atomic mass is 16.5. The first-order chi connectivity index (χ1) is 6.56. The van der Waals surface area contributed by atoms with E-state index in [1.165, 1.54) is 0 Å². The van der Waals surface area contributed by atoms with E-state index in [1.54, 1.807) is 0 Å². The number of ether oxygens (including phenoxy) is 1. The summed E-state index contributed by atoms with van der Waals surface area (Å²) in [5.41, 5.74) is 0. The lowest BCUT2D eigenvalue weighted by atomic mass is 10.1. The normalized spacial score (nSPS) is 12.1. The van der Waals surface area contributed by atoms with Gasteiger partial charge in [-0.25, -0.2) is 0 Å². The molecule has 0 fully saturated rings. The van der Waals surface area contributed by atoms with Gasteiger partial charge in [0.05, 0.1) is 6.61 Å². The predicted octanol–water partition coefficient (Wildman–Crippen LogP) is 1.83. The molecule has 0 radical (unpaired) electrons. The smallest absolute Gasteiger partial charge is 0.305 e. The number of hydrogen-bond donors (Lipinski definition) is 1. The zero-order valence-corrected chi connectivity index (χ0v) is 8.78. The van der Waals surface area contributed by atoms with Crippen LogP contribution in [0.15, 0.2) is 0 Å². The summed E-state index contributed by atoms with van der Waals surface area (Å²) in [7, 11) is 0. The summed E-state index contributed by atoms with van der Waals surface area (Å²) >= 11 is 0. The number of carboxylic acids is 1. The first kappa shape index (κ1) is 12.9. The summed E-state index contributed by atoms with van der Waals surface area (Å²) < 4.78 is 4.94. The van der Waals surface area contributed by atoms with E-state index in [4.69, 9.17) is 9.84 Å². The molecule has 0 rings (SSSR count). The molecule has 0 spiro atoms. The third kappa shape index (κ3) is 7.58. The molecule has 0 aromatic carbocycles. The van der Waals surface area contributed by atoms with Crippen LogP contribution in [0.1, 0.15) is 39.5 Å². The molecule has 14 heavy (non-hydrogen) atoms. The summed E-state index contributed by atoms with van der Waals surface area (Å²) in [4.78, 5) is 21.2. The molecule has 1 N–H and O–H groups in total. The maximum absolute atomic E-state index is 11.0. The number of carbonyl (C=O) groups is 2. The standard InChI is InChI=1S/C10H18O4/c1-3-8(2)7-14-10(13)6-4-5-9(11)12/h8H,3-7H2,1-2H3,(H,11,12). The second kappa shape index (κ2) is 7.35. The molecule has 0 bridgehead atoms. The molecule has 0 amide bonds. The van der Waals surface area contributed by atoms with Crippen molar-refractivity contribution >= 4 is 11.9 Å². The molecule has 0 aliphatic carbocycles. The summed E-state index contributed by atoms with van der Waals surface area (Å²) in [6, 6.07) is 0. The van der Waals surface area contributed by atoms with Gasteiger partial charge in [-0.1, -0.05) is 20.3 Å². The number of carboxylic acid groups (broad SMARTS) is 1. The predicted molar refractivity (Wildman–Crippen MR) is 51.9 cm³/mol. The first-order valence-electron chi connectivity index (χ1n) is 4.93. The Kier molecular flexibility index (Phi) is 6.80. The van der Waals surface area contributed by atoms with Crippen molar-refractivity contribution in [2.45, 2.75) is 39.5 Å². The lowest BCUT2D eigenvalue weighted by Gasteiger charge is -2.08. The van der Waals surface area contributed by atoms with Crippen molar-refractivity contribution in [1.29, 1.82) is 0 Å². The van der Waals surface area contributed by atoms with Crippen LogP contribution in [-0.2, 0) is 14.3 Å². The van der Waals surface area contributed by atoms with Crippen LogP contribution in [0.5, 0.6) is 0 Å². The van der Waals surface area contributed by atoms with E-state index in [-0.39, 0.29) is 18.8 Å². The Morgan fingerprint density at radius 1 is 1.36 bits per heavy atom. The van der Waals surface area contributed by atoms with E-state index in [9.17, 15) is 9.59 Å². The third-order valence-corrected chi connectivity index (χ3v) is 2.00.